The van der Waals surface area contributed by atoms with Crippen LogP contribution >= 0.6 is 23.4 Å². The van der Waals surface area contributed by atoms with Crippen LogP contribution in [0.4, 0.5) is 0 Å². The third kappa shape index (κ3) is 6.48. The van der Waals surface area contributed by atoms with Crippen molar-refractivity contribution in [1.29, 1.82) is 0 Å². The number of aliphatic imine (C=N–C) groups is 1. The van der Waals surface area contributed by atoms with Crippen LogP contribution in [0.2, 0.25) is 5.02 Å². The van der Waals surface area contributed by atoms with Crippen molar-refractivity contribution in [3.05, 3.63) is 28.8 Å². The van der Waals surface area contributed by atoms with Gasteiger partial charge in [0.15, 0.2) is 5.96 Å². The highest BCUT2D eigenvalue weighted by atomic mass is 35.5. The van der Waals surface area contributed by atoms with E-state index in [1.54, 1.807) is 14.2 Å². The number of ether oxygens (including phenoxy) is 1. The Balaban J connectivity index is 2.41. The summed E-state index contributed by atoms with van der Waals surface area (Å²) in [6.07, 6.45) is 2.94. The summed E-state index contributed by atoms with van der Waals surface area (Å²) in [7, 11) is 3.41. The Bertz CT molecular complexity index is 468. The number of methoxy groups -OCH3 is 1. The average Bonchev–Trinajstić information content (AvgIpc) is 2.51. The fraction of sp³-hybridized carbons (Fsp3) is 0.533. The van der Waals surface area contributed by atoms with E-state index in [0.717, 1.165) is 41.8 Å². The summed E-state index contributed by atoms with van der Waals surface area (Å²) in [4.78, 5) is 4.21. The number of hydrogen-bond donors (Lipinski definition) is 2. The van der Waals surface area contributed by atoms with Crippen molar-refractivity contribution in [3.63, 3.8) is 0 Å². The number of guanidine groups is 1. The van der Waals surface area contributed by atoms with E-state index in [2.05, 4.69) is 28.8 Å². The number of hydrogen-bond acceptors (Lipinski definition) is 3. The molecule has 1 atom stereocenters. The molecule has 1 unspecified atom stereocenters. The first-order chi connectivity index (χ1) is 10.1. The summed E-state index contributed by atoms with van der Waals surface area (Å²) >= 11 is 8.05. The second-order valence-electron chi connectivity index (χ2n) is 4.63. The van der Waals surface area contributed by atoms with Gasteiger partial charge in [-0.2, -0.15) is 11.8 Å². The minimum absolute atomic E-state index is 0.555. The quantitative estimate of drug-likeness (QED) is 0.596. The van der Waals surface area contributed by atoms with Crippen molar-refractivity contribution < 1.29 is 4.74 Å². The van der Waals surface area contributed by atoms with Crippen molar-refractivity contribution >= 4 is 29.3 Å². The van der Waals surface area contributed by atoms with E-state index in [1.807, 2.05) is 30.0 Å². The Hall–Kier alpha value is -1.07. The Morgan fingerprint density at radius 1 is 1.43 bits per heavy atom. The third-order valence-electron chi connectivity index (χ3n) is 3.13. The van der Waals surface area contributed by atoms with Gasteiger partial charge >= 0.3 is 0 Å². The molecule has 6 heteroatoms. The van der Waals surface area contributed by atoms with Crippen molar-refractivity contribution in [2.75, 3.05) is 33.5 Å². The highest BCUT2D eigenvalue weighted by Crippen LogP contribution is 2.22. The predicted molar refractivity (Wildman–Crippen MR) is 94.0 cm³/mol. The van der Waals surface area contributed by atoms with Gasteiger partial charge in [0.2, 0.25) is 0 Å². The Morgan fingerprint density at radius 2 is 2.19 bits per heavy atom. The van der Waals surface area contributed by atoms with E-state index < -0.39 is 0 Å². The van der Waals surface area contributed by atoms with Crippen LogP contribution < -0.4 is 15.4 Å². The Morgan fingerprint density at radius 3 is 2.76 bits per heavy atom. The molecular formula is C15H24ClN3OS. The zero-order valence-electron chi connectivity index (χ0n) is 13.1. The number of nitrogens with one attached hydrogen (secondary N) is 2. The standard InChI is InChI=1S/C15H24ClN3OS/c1-11(21-4)10-19-15(17-2)18-8-7-12-5-6-13(20-3)9-14(12)16/h5-6,9,11H,7-8,10H2,1-4H3,(H2,17,18,19). The van der Waals surface area contributed by atoms with Gasteiger partial charge < -0.3 is 15.4 Å². The summed E-state index contributed by atoms with van der Waals surface area (Å²) in [6.45, 7) is 3.85. The van der Waals surface area contributed by atoms with Crippen LogP contribution in [-0.2, 0) is 6.42 Å². The summed E-state index contributed by atoms with van der Waals surface area (Å²) in [6, 6.07) is 5.76. The fourth-order valence-corrected chi connectivity index (χ4v) is 2.23. The minimum Gasteiger partial charge on any atom is -0.497 e. The van der Waals surface area contributed by atoms with E-state index >= 15 is 0 Å². The van der Waals surface area contributed by atoms with Crippen molar-refractivity contribution in [2.24, 2.45) is 4.99 Å². The topological polar surface area (TPSA) is 45.7 Å². The van der Waals surface area contributed by atoms with Gasteiger partial charge in [-0.3, -0.25) is 4.99 Å². The molecule has 2 N–H and O–H groups in total. The van der Waals surface area contributed by atoms with Gasteiger partial charge in [-0.15, -0.1) is 0 Å². The van der Waals surface area contributed by atoms with Gasteiger partial charge in [0.1, 0.15) is 5.75 Å². The van der Waals surface area contributed by atoms with E-state index in [1.165, 1.54) is 0 Å². The van der Waals surface area contributed by atoms with Crippen LogP contribution in [0.15, 0.2) is 23.2 Å². The number of rotatable bonds is 7. The van der Waals surface area contributed by atoms with Crippen LogP contribution in [0, 0.1) is 0 Å². The summed E-state index contributed by atoms with van der Waals surface area (Å²) in [5.74, 6) is 1.60. The SMILES string of the molecule is CN=C(NCCc1ccc(OC)cc1Cl)NCC(C)SC. The molecule has 118 valence electrons. The summed E-state index contributed by atoms with van der Waals surface area (Å²) < 4.78 is 5.14. The maximum absolute atomic E-state index is 6.22. The molecule has 0 aliphatic rings. The number of thioether (sulfide) groups is 1. The molecule has 0 amide bonds. The molecule has 0 aromatic heterocycles. The molecule has 0 aliphatic carbocycles. The number of halogens is 1. The molecule has 0 saturated heterocycles. The zero-order valence-corrected chi connectivity index (χ0v) is 14.6. The maximum Gasteiger partial charge on any atom is 0.191 e. The molecule has 0 saturated carbocycles. The van der Waals surface area contributed by atoms with Gasteiger partial charge in [0.05, 0.1) is 7.11 Å². The van der Waals surface area contributed by atoms with Gasteiger partial charge in [0, 0.05) is 30.4 Å². The van der Waals surface area contributed by atoms with Crippen molar-refractivity contribution in [3.8, 4) is 5.75 Å². The van der Waals surface area contributed by atoms with Gasteiger partial charge in [-0.05, 0) is 30.4 Å². The second-order valence-corrected chi connectivity index (χ2v) is 6.32. The molecule has 0 heterocycles. The van der Waals surface area contributed by atoms with Gasteiger partial charge in [0.25, 0.3) is 0 Å². The highest BCUT2D eigenvalue weighted by molar-refractivity contribution is 7.99. The predicted octanol–water partition coefficient (Wildman–Crippen LogP) is 2.81. The molecule has 21 heavy (non-hydrogen) atoms. The van der Waals surface area contributed by atoms with E-state index in [9.17, 15) is 0 Å². The second kappa shape index (κ2) is 9.79. The molecule has 4 nitrogen and oxygen atoms in total. The van der Waals surface area contributed by atoms with Crippen LogP contribution in [0.25, 0.3) is 0 Å². The van der Waals surface area contributed by atoms with E-state index in [-0.39, 0.29) is 0 Å². The molecule has 0 spiro atoms. The molecule has 1 aromatic carbocycles. The normalized spacial score (nSPS) is 12.9. The average molecular weight is 330 g/mol. The summed E-state index contributed by atoms with van der Waals surface area (Å²) in [5, 5.41) is 7.88. The first kappa shape index (κ1) is 18.0. The smallest absolute Gasteiger partial charge is 0.191 e. The Kier molecular flexibility index (Phi) is 8.38. The molecule has 0 radical (unpaired) electrons. The first-order valence-corrected chi connectivity index (χ1v) is 8.57. The molecule has 0 aliphatic heterocycles. The highest BCUT2D eigenvalue weighted by Gasteiger charge is 2.04. The minimum atomic E-state index is 0.555. The maximum atomic E-state index is 6.22. The lowest BCUT2D eigenvalue weighted by Gasteiger charge is -2.15. The lowest BCUT2D eigenvalue weighted by molar-refractivity contribution is 0.414. The third-order valence-corrected chi connectivity index (χ3v) is 4.45. The lowest BCUT2D eigenvalue weighted by Crippen LogP contribution is -2.40. The van der Waals surface area contributed by atoms with Gasteiger partial charge in [-0.1, -0.05) is 24.6 Å². The van der Waals surface area contributed by atoms with Crippen LogP contribution in [0.1, 0.15) is 12.5 Å². The Labute approximate surface area is 136 Å². The molecular weight excluding hydrogens is 306 g/mol. The number of benzene rings is 1. The molecule has 1 aromatic rings. The summed E-state index contributed by atoms with van der Waals surface area (Å²) in [5.41, 5.74) is 1.10. The van der Waals surface area contributed by atoms with E-state index in [0.29, 0.717) is 5.25 Å². The first-order valence-electron chi connectivity index (χ1n) is 6.90. The van der Waals surface area contributed by atoms with E-state index in [4.69, 9.17) is 16.3 Å². The van der Waals surface area contributed by atoms with Crippen LogP contribution in [0.5, 0.6) is 5.75 Å². The largest absolute Gasteiger partial charge is 0.497 e. The molecule has 1 rings (SSSR count). The molecule has 0 fully saturated rings. The van der Waals surface area contributed by atoms with Crippen molar-refractivity contribution in [1.82, 2.24) is 10.6 Å². The van der Waals surface area contributed by atoms with Crippen molar-refractivity contribution in [2.45, 2.75) is 18.6 Å². The van der Waals surface area contributed by atoms with Gasteiger partial charge in [-0.25, -0.2) is 0 Å². The fourth-order valence-electron chi connectivity index (χ4n) is 1.72. The monoisotopic (exact) mass is 329 g/mol. The molecule has 0 bridgehead atoms. The zero-order chi connectivity index (χ0) is 15.7. The van der Waals surface area contributed by atoms with Crippen LogP contribution in [-0.4, -0.2) is 44.7 Å². The lowest BCUT2D eigenvalue weighted by atomic mass is 10.1. The van der Waals surface area contributed by atoms with Crippen LogP contribution in [0.3, 0.4) is 0 Å². The number of nitrogens with zero attached hydrogens (tertiary/aromatic N) is 1.